The van der Waals surface area contributed by atoms with E-state index in [2.05, 4.69) is 4.98 Å². The number of nitrogens with two attached hydrogens (primary N) is 1. The van der Waals surface area contributed by atoms with Gasteiger partial charge in [-0.25, -0.2) is 0 Å². The summed E-state index contributed by atoms with van der Waals surface area (Å²) in [5.41, 5.74) is 8.68. The fourth-order valence-corrected chi connectivity index (χ4v) is 1.84. The summed E-state index contributed by atoms with van der Waals surface area (Å²) in [4.78, 5) is 4.32. The average molecular weight is 219 g/mol. The normalized spacial score (nSPS) is 11.3. The molecule has 2 aromatic heterocycles. The first-order valence-corrected chi connectivity index (χ1v) is 5.43. The molecule has 0 aliphatic carbocycles. The molecule has 2 N–H and O–H groups in total. The molecular weight excluding hydrogens is 202 g/mol. The molecule has 0 unspecified atom stereocenters. The quantitative estimate of drug-likeness (QED) is 0.856. The van der Waals surface area contributed by atoms with Crippen LogP contribution in [0.25, 0.3) is 11.0 Å². The lowest BCUT2D eigenvalue weighted by molar-refractivity contribution is 0.244. The SMILES string of the molecule is CC(C)Oc1ccnc2cc(CN)n(C)c12. The van der Waals surface area contributed by atoms with Gasteiger partial charge in [-0.1, -0.05) is 0 Å². The van der Waals surface area contributed by atoms with Crippen LogP contribution in [0, 0.1) is 0 Å². The summed E-state index contributed by atoms with van der Waals surface area (Å²) in [5.74, 6) is 0.863. The number of rotatable bonds is 3. The maximum atomic E-state index is 5.76. The van der Waals surface area contributed by atoms with E-state index in [0.29, 0.717) is 6.54 Å². The molecular formula is C12H17N3O. The molecule has 2 rings (SSSR count). The molecule has 4 heteroatoms. The van der Waals surface area contributed by atoms with Crippen molar-refractivity contribution in [2.45, 2.75) is 26.5 Å². The van der Waals surface area contributed by atoms with Crippen LogP contribution in [0.1, 0.15) is 19.5 Å². The van der Waals surface area contributed by atoms with Crippen LogP contribution in [0.15, 0.2) is 18.3 Å². The van der Waals surface area contributed by atoms with Crippen molar-refractivity contribution in [2.75, 3.05) is 0 Å². The fourth-order valence-electron chi connectivity index (χ4n) is 1.84. The summed E-state index contributed by atoms with van der Waals surface area (Å²) in [7, 11) is 1.99. The fraction of sp³-hybridized carbons (Fsp3) is 0.417. The highest BCUT2D eigenvalue weighted by atomic mass is 16.5. The molecule has 0 radical (unpaired) electrons. The van der Waals surface area contributed by atoms with Crippen molar-refractivity contribution in [3.63, 3.8) is 0 Å². The molecule has 0 aliphatic heterocycles. The molecule has 0 saturated carbocycles. The number of hydrogen-bond donors (Lipinski definition) is 1. The van der Waals surface area contributed by atoms with Gasteiger partial charge in [0.1, 0.15) is 11.3 Å². The second kappa shape index (κ2) is 4.14. The van der Waals surface area contributed by atoms with Crippen LogP contribution in [-0.4, -0.2) is 15.7 Å². The Morgan fingerprint density at radius 2 is 2.25 bits per heavy atom. The highest BCUT2D eigenvalue weighted by molar-refractivity contribution is 5.83. The van der Waals surface area contributed by atoms with Gasteiger partial charge in [0, 0.05) is 31.5 Å². The highest BCUT2D eigenvalue weighted by Gasteiger charge is 2.11. The number of nitrogens with zero attached hydrogens (tertiary/aromatic N) is 2. The lowest BCUT2D eigenvalue weighted by atomic mass is 10.3. The van der Waals surface area contributed by atoms with E-state index in [1.165, 1.54) is 0 Å². The van der Waals surface area contributed by atoms with Gasteiger partial charge in [0.25, 0.3) is 0 Å². The van der Waals surface area contributed by atoms with Gasteiger partial charge in [0.15, 0.2) is 0 Å². The molecule has 0 aromatic carbocycles. The number of pyridine rings is 1. The van der Waals surface area contributed by atoms with Crippen LogP contribution in [0.5, 0.6) is 5.75 Å². The van der Waals surface area contributed by atoms with Gasteiger partial charge in [-0.3, -0.25) is 4.98 Å². The Labute approximate surface area is 95.0 Å². The molecule has 86 valence electrons. The van der Waals surface area contributed by atoms with Gasteiger partial charge in [-0.05, 0) is 19.9 Å². The van der Waals surface area contributed by atoms with Crippen LogP contribution in [-0.2, 0) is 13.6 Å². The minimum atomic E-state index is 0.154. The van der Waals surface area contributed by atoms with Gasteiger partial charge in [-0.15, -0.1) is 0 Å². The Kier molecular flexibility index (Phi) is 2.83. The van der Waals surface area contributed by atoms with Gasteiger partial charge in [-0.2, -0.15) is 0 Å². The molecule has 2 heterocycles. The zero-order valence-electron chi connectivity index (χ0n) is 9.90. The van der Waals surface area contributed by atoms with Crippen molar-refractivity contribution in [1.29, 1.82) is 0 Å². The van der Waals surface area contributed by atoms with Crippen molar-refractivity contribution in [1.82, 2.24) is 9.55 Å². The van der Waals surface area contributed by atoms with E-state index in [0.717, 1.165) is 22.5 Å². The van der Waals surface area contributed by atoms with E-state index in [4.69, 9.17) is 10.5 Å². The predicted molar refractivity (Wildman–Crippen MR) is 64.4 cm³/mol. The molecule has 0 atom stereocenters. The number of fused-ring (bicyclic) bond motifs is 1. The first-order chi connectivity index (χ1) is 7.63. The lowest BCUT2D eigenvalue weighted by Gasteiger charge is -2.12. The van der Waals surface area contributed by atoms with Gasteiger partial charge in [0.05, 0.1) is 11.6 Å². The van der Waals surface area contributed by atoms with E-state index in [-0.39, 0.29) is 6.10 Å². The summed E-state index contributed by atoms with van der Waals surface area (Å²) >= 11 is 0. The molecule has 0 saturated heterocycles. The molecule has 0 aliphatic rings. The standard InChI is InChI=1S/C12H17N3O/c1-8(2)16-11-4-5-14-10-6-9(7-13)15(3)12(10)11/h4-6,8H,7,13H2,1-3H3. The van der Waals surface area contributed by atoms with Crippen LogP contribution in [0.4, 0.5) is 0 Å². The second-order valence-electron chi connectivity index (χ2n) is 4.11. The van der Waals surface area contributed by atoms with E-state index in [1.807, 2.05) is 37.6 Å². The van der Waals surface area contributed by atoms with Crippen LogP contribution < -0.4 is 10.5 Å². The molecule has 0 fully saturated rings. The van der Waals surface area contributed by atoms with Crippen molar-refractivity contribution >= 4 is 11.0 Å². The van der Waals surface area contributed by atoms with Gasteiger partial charge in [0.2, 0.25) is 0 Å². The second-order valence-corrected chi connectivity index (χ2v) is 4.11. The largest absolute Gasteiger partial charge is 0.489 e. The smallest absolute Gasteiger partial charge is 0.147 e. The molecule has 16 heavy (non-hydrogen) atoms. The van der Waals surface area contributed by atoms with Gasteiger partial charge >= 0.3 is 0 Å². The third kappa shape index (κ3) is 1.76. The maximum Gasteiger partial charge on any atom is 0.147 e. The number of aromatic nitrogens is 2. The maximum absolute atomic E-state index is 5.76. The Balaban J connectivity index is 2.61. The van der Waals surface area contributed by atoms with E-state index < -0.39 is 0 Å². The van der Waals surface area contributed by atoms with Crippen LogP contribution in [0.3, 0.4) is 0 Å². The van der Waals surface area contributed by atoms with E-state index in [1.54, 1.807) is 6.20 Å². The minimum absolute atomic E-state index is 0.154. The highest BCUT2D eigenvalue weighted by Crippen LogP contribution is 2.27. The number of hydrogen-bond acceptors (Lipinski definition) is 3. The number of aryl methyl sites for hydroxylation is 1. The Morgan fingerprint density at radius 3 is 2.88 bits per heavy atom. The first kappa shape index (κ1) is 11.0. The predicted octanol–water partition coefficient (Wildman–Crippen LogP) is 1.82. The molecule has 4 nitrogen and oxygen atoms in total. The molecule has 0 amide bonds. The Morgan fingerprint density at radius 1 is 1.50 bits per heavy atom. The summed E-state index contributed by atoms with van der Waals surface area (Å²) < 4.78 is 7.81. The molecule has 0 spiro atoms. The minimum Gasteiger partial charge on any atom is -0.489 e. The summed E-state index contributed by atoms with van der Waals surface area (Å²) in [6.07, 6.45) is 1.92. The monoisotopic (exact) mass is 219 g/mol. The summed E-state index contributed by atoms with van der Waals surface area (Å²) in [6, 6.07) is 3.89. The zero-order chi connectivity index (χ0) is 11.7. The van der Waals surface area contributed by atoms with Crippen LogP contribution in [0.2, 0.25) is 0 Å². The van der Waals surface area contributed by atoms with Crippen molar-refractivity contribution in [3.05, 3.63) is 24.0 Å². The lowest BCUT2D eigenvalue weighted by Crippen LogP contribution is -2.08. The third-order valence-electron chi connectivity index (χ3n) is 2.56. The Hall–Kier alpha value is -1.55. The van der Waals surface area contributed by atoms with Crippen LogP contribution >= 0.6 is 0 Å². The third-order valence-corrected chi connectivity index (χ3v) is 2.56. The van der Waals surface area contributed by atoms with Crippen molar-refractivity contribution in [3.8, 4) is 5.75 Å². The van der Waals surface area contributed by atoms with E-state index >= 15 is 0 Å². The zero-order valence-corrected chi connectivity index (χ0v) is 9.90. The average Bonchev–Trinajstić information content (AvgIpc) is 2.56. The summed E-state index contributed by atoms with van der Waals surface area (Å²) in [5, 5.41) is 0. The van der Waals surface area contributed by atoms with E-state index in [9.17, 15) is 0 Å². The molecule has 2 aromatic rings. The molecule has 0 bridgehead atoms. The summed E-state index contributed by atoms with van der Waals surface area (Å²) in [6.45, 7) is 4.53. The van der Waals surface area contributed by atoms with Crippen molar-refractivity contribution in [2.24, 2.45) is 12.8 Å². The van der Waals surface area contributed by atoms with Gasteiger partial charge < -0.3 is 15.0 Å². The topological polar surface area (TPSA) is 53.1 Å². The Bertz CT molecular complexity index is 502. The first-order valence-electron chi connectivity index (χ1n) is 5.43. The van der Waals surface area contributed by atoms with Crippen molar-refractivity contribution < 1.29 is 4.74 Å². The number of ether oxygens (including phenoxy) is 1.